The van der Waals surface area contributed by atoms with Crippen LogP contribution in [0.15, 0.2) is 18.2 Å². The van der Waals surface area contributed by atoms with Gasteiger partial charge in [-0.3, -0.25) is 10.1 Å². The highest BCUT2D eigenvalue weighted by atomic mass is 35.5. The van der Waals surface area contributed by atoms with Gasteiger partial charge in [0.1, 0.15) is 0 Å². The maximum Gasteiger partial charge on any atom is 0.259 e. The molecule has 0 radical (unpaired) electrons. The van der Waals surface area contributed by atoms with Crippen LogP contribution in [0.5, 0.6) is 0 Å². The molecule has 2 aromatic rings. The molecule has 0 saturated heterocycles. The molecule has 0 aliphatic rings. The molecule has 0 saturated carbocycles. The fraction of sp³-hybridized carbons (Fsp3) is 0.167. The number of thiazole rings is 1. The molecule has 1 amide bonds. The van der Waals surface area contributed by atoms with Crippen LogP contribution in [0, 0.1) is 13.8 Å². The van der Waals surface area contributed by atoms with Crippen LogP contribution in [-0.4, -0.2) is 10.9 Å². The summed E-state index contributed by atoms with van der Waals surface area (Å²) in [5.74, 6) is -0.305. The highest BCUT2D eigenvalue weighted by molar-refractivity contribution is 7.15. The van der Waals surface area contributed by atoms with E-state index in [0.29, 0.717) is 21.4 Å². The number of nitrogens with two attached hydrogens (primary N) is 1. The summed E-state index contributed by atoms with van der Waals surface area (Å²) in [6, 6.07) is 4.80. The molecule has 0 unspecified atom stereocenters. The Kier molecular flexibility index (Phi) is 3.54. The number of hydrogen-bond acceptors (Lipinski definition) is 4. The van der Waals surface area contributed by atoms with E-state index in [1.165, 1.54) is 11.3 Å². The summed E-state index contributed by atoms with van der Waals surface area (Å²) in [7, 11) is 0. The summed E-state index contributed by atoms with van der Waals surface area (Å²) in [5.41, 5.74) is 7.39. The van der Waals surface area contributed by atoms with Crippen LogP contribution < -0.4 is 11.1 Å². The van der Waals surface area contributed by atoms with Gasteiger partial charge in [0.2, 0.25) is 0 Å². The monoisotopic (exact) mass is 281 g/mol. The van der Waals surface area contributed by atoms with E-state index in [-0.39, 0.29) is 5.91 Å². The van der Waals surface area contributed by atoms with Crippen LogP contribution in [0.4, 0.5) is 10.8 Å². The average molecular weight is 282 g/mol. The minimum Gasteiger partial charge on any atom is -0.399 e. The quantitative estimate of drug-likeness (QED) is 0.830. The predicted octanol–water partition coefficient (Wildman–Crippen LogP) is 3.25. The number of carbonyl (C=O) groups is 1. The Balaban J connectivity index is 2.24. The maximum absolute atomic E-state index is 12.0. The summed E-state index contributed by atoms with van der Waals surface area (Å²) in [5, 5.41) is 3.65. The van der Waals surface area contributed by atoms with Gasteiger partial charge in [0.05, 0.1) is 16.3 Å². The number of nitrogen functional groups attached to an aromatic ring is 1. The molecule has 0 atom stereocenters. The zero-order chi connectivity index (χ0) is 13.3. The van der Waals surface area contributed by atoms with Crippen molar-refractivity contribution in [1.29, 1.82) is 0 Å². The second kappa shape index (κ2) is 4.96. The van der Waals surface area contributed by atoms with Crippen molar-refractivity contribution in [3.8, 4) is 0 Å². The second-order valence-corrected chi connectivity index (χ2v) is 5.46. The molecule has 6 heteroatoms. The van der Waals surface area contributed by atoms with Gasteiger partial charge in [0, 0.05) is 10.6 Å². The van der Waals surface area contributed by atoms with Crippen molar-refractivity contribution in [2.75, 3.05) is 11.1 Å². The summed E-state index contributed by atoms with van der Waals surface area (Å²) >= 11 is 7.39. The van der Waals surface area contributed by atoms with Gasteiger partial charge in [0.15, 0.2) is 5.13 Å². The van der Waals surface area contributed by atoms with Crippen LogP contribution in [0.2, 0.25) is 5.02 Å². The molecule has 0 fully saturated rings. The third-order valence-corrected chi connectivity index (χ3v) is 3.80. The lowest BCUT2D eigenvalue weighted by atomic mass is 10.2. The summed E-state index contributed by atoms with van der Waals surface area (Å²) in [4.78, 5) is 17.3. The third-order valence-electron chi connectivity index (χ3n) is 2.48. The number of nitrogens with zero attached hydrogens (tertiary/aromatic N) is 1. The summed E-state index contributed by atoms with van der Waals surface area (Å²) < 4.78 is 0. The van der Waals surface area contributed by atoms with Gasteiger partial charge >= 0.3 is 0 Å². The smallest absolute Gasteiger partial charge is 0.259 e. The molecule has 4 nitrogen and oxygen atoms in total. The first kappa shape index (κ1) is 12.9. The zero-order valence-corrected chi connectivity index (χ0v) is 11.5. The molecule has 18 heavy (non-hydrogen) atoms. The first-order chi connectivity index (χ1) is 8.47. The Morgan fingerprint density at radius 1 is 1.44 bits per heavy atom. The topological polar surface area (TPSA) is 68.0 Å². The van der Waals surface area contributed by atoms with E-state index < -0.39 is 0 Å². The number of anilines is 2. The van der Waals surface area contributed by atoms with Crippen LogP contribution in [-0.2, 0) is 0 Å². The van der Waals surface area contributed by atoms with E-state index >= 15 is 0 Å². The number of rotatable bonds is 2. The molecule has 0 spiro atoms. The second-order valence-electron chi connectivity index (χ2n) is 3.85. The van der Waals surface area contributed by atoms with Gasteiger partial charge in [-0.15, -0.1) is 11.3 Å². The maximum atomic E-state index is 12.0. The third kappa shape index (κ3) is 2.63. The Hall–Kier alpha value is -1.59. The fourth-order valence-corrected chi connectivity index (χ4v) is 2.42. The Labute approximate surface area is 114 Å². The van der Waals surface area contributed by atoms with E-state index in [2.05, 4.69) is 10.3 Å². The van der Waals surface area contributed by atoms with Crippen molar-refractivity contribution in [1.82, 2.24) is 4.98 Å². The Morgan fingerprint density at radius 2 is 2.17 bits per heavy atom. The molecule has 1 aromatic carbocycles. The number of carbonyl (C=O) groups excluding carboxylic acids is 1. The first-order valence-electron chi connectivity index (χ1n) is 5.28. The fourth-order valence-electron chi connectivity index (χ4n) is 1.41. The van der Waals surface area contributed by atoms with Crippen LogP contribution in [0.1, 0.15) is 20.9 Å². The molecule has 94 valence electrons. The van der Waals surface area contributed by atoms with E-state index in [1.54, 1.807) is 18.2 Å². The van der Waals surface area contributed by atoms with Crippen LogP contribution >= 0.6 is 22.9 Å². The highest BCUT2D eigenvalue weighted by Crippen LogP contribution is 2.24. The summed E-state index contributed by atoms with van der Waals surface area (Å²) in [6.45, 7) is 3.85. The van der Waals surface area contributed by atoms with Crippen molar-refractivity contribution >= 4 is 39.7 Å². The molecule has 0 aliphatic carbocycles. The minimum absolute atomic E-state index is 0.305. The minimum atomic E-state index is -0.305. The zero-order valence-electron chi connectivity index (χ0n) is 9.95. The largest absolute Gasteiger partial charge is 0.399 e. The number of benzene rings is 1. The van der Waals surface area contributed by atoms with Crippen molar-refractivity contribution in [2.45, 2.75) is 13.8 Å². The van der Waals surface area contributed by atoms with Crippen molar-refractivity contribution < 1.29 is 4.79 Å². The van der Waals surface area contributed by atoms with Crippen molar-refractivity contribution in [3.63, 3.8) is 0 Å². The number of aromatic nitrogens is 1. The molecule has 2 rings (SSSR count). The Morgan fingerprint density at radius 3 is 2.78 bits per heavy atom. The molecule has 1 aromatic heterocycles. The molecule has 0 aliphatic heterocycles. The van der Waals surface area contributed by atoms with Gasteiger partial charge in [-0.2, -0.15) is 0 Å². The number of aryl methyl sites for hydroxylation is 2. The van der Waals surface area contributed by atoms with Gasteiger partial charge in [0.25, 0.3) is 5.91 Å². The first-order valence-corrected chi connectivity index (χ1v) is 6.47. The molecular weight excluding hydrogens is 270 g/mol. The van der Waals surface area contributed by atoms with Crippen molar-refractivity contribution in [3.05, 3.63) is 39.4 Å². The molecule has 0 bridgehead atoms. The predicted molar refractivity (Wildman–Crippen MR) is 75.4 cm³/mol. The van der Waals surface area contributed by atoms with Gasteiger partial charge in [-0.25, -0.2) is 4.98 Å². The standard InChI is InChI=1S/C12H12ClN3OS/c1-6-7(2)18-12(15-6)16-11(17)9-5-8(14)3-4-10(9)13/h3-5H,14H2,1-2H3,(H,15,16,17). The van der Waals surface area contributed by atoms with E-state index in [9.17, 15) is 4.79 Å². The SMILES string of the molecule is Cc1nc(NC(=O)c2cc(N)ccc2Cl)sc1C. The lowest BCUT2D eigenvalue weighted by Gasteiger charge is -2.04. The average Bonchev–Trinajstić information content (AvgIpc) is 2.61. The van der Waals surface area contributed by atoms with Gasteiger partial charge in [-0.1, -0.05) is 11.6 Å². The van der Waals surface area contributed by atoms with E-state index in [4.69, 9.17) is 17.3 Å². The molecule has 3 N–H and O–H groups in total. The van der Waals surface area contributed by atoms with Crippen LogP contribution in [0.25, 0.3) is 0 Å². The highest BCUT2D eigenvalue weighted by Gasteiger charge is 2.13. The number of hydrogen-bond donors (Lipinski definition) is 2. The van der Waals surface area contributed by atoms with Crippen molar-refractivity contribution in [2.24, 2.45) is 0 Å². The van der Waals surface area contributed by atoms with Gasteiger partial charge in [-0.05, 0) is 32.0 Å². The number of amides is 1. The number of halogens is 1. The normalized spacial score (nSPS) is 10.4. The Bertz CT molecular complexity index is 590. The lowest BCUT2D eigenvalue weighted by Crippen LogP contribution is -2.12. The van der Waals surface area contributed by atoms with Gasteiger partial charge < -0.3 is 5.73 Å². The number of nitrogens with one attached hydrogen (secondary N) is 1. The van der Waals surface area contributed by atoms with E-state index in [0.717, 1.165) is 10.6 Å². The van der Waals surface area contributed by atoms with E-state index in [1.807, 2.05) is 13.8 Å². The lowest BCUT2D eigenvalue weighted by molar-refractivity contribution is 0.102. The van der Waals surface area contributed by atoms with Crippen LogP contribution in [0.3, 0.4) is 0 Å². The molecular formula is C12H12ClN3OS. The molecule has 1 heterocycles. The summed E-state index contributed by atoms with van der Waals surface area (Å²) in [6.07, 6.45) is 0.